The normalized spacial score (nSPS) is 12.2. The topological polar surface area (TPSA) is 118 Å². The Labute approximate surface area is 470 Å². The molecular weight excluding hydrogens is 1010 g/mol. The maximum absolute atomic E-state index is 5.44. The summed E-state index contributed by atoms with van der Waals surface area (Å²) in [5.74, 6) is 2.38. The molecule has 386 valence electrons. The molecule has 0 fully saturated rings. The lowest BCUT2D eigenvalue weighted by Gasteiger charge is -2.13. The number of aromatic nitrogens is 11. The zero-order valence-corrected chi connectivity index (χ0v) is 44.4. The summed E-state index contributed by atoms with van der Waals surface area (Å²) in [6.45, 7) is 6.76. The van der Waals surface area contributed by atoms with Gasteiger partial charge in [0.1, 0.15) is 0 Å². The fourth-order valence-corrected chi connectivity index (χ4v) is 11.4. The van der Waals surface area contributed by atoms with Gasteiger partial charge in [0, 0.05) is 83.6 Å². The van der Waals surface area contributed by atoms with Crippen LogP contribution in [0.25, 0.3) is 147 Å². The van der Waals surface area contributed by atoms with Gasteiger partial charge in [-0.15, -0.1) is 10.2 Å². The molecule has 7 heterocycles. The van der Waals surface area contributed by atoms with Crippen molar-refractivity contribution >= 4 is 72.7 Å². The van der Waals surface area contributed by atoms with E-state index in [2.05, 4.69) is 169 Å². The van der Waals surface area contributed by atoms with Gasteiger partial charge in [-0.1, -0.05) is 176 Å². The average Bonchev–Trinajstić information content (AvgIpc) is 3.48. The molecule has 0 unspecified atom stereocenters. The van der Waals surface area contributed by atoms with E-state index in [1.807, 2.05) is 116 Å². The van der Waals surface area contributed by atoms with Crippen LogP contribution in [0.3, 0.4) is 0 Å². The van der Waals surface area contributed by atoms with Crippen molar-refractivity contribution in [2.24, 2.45) is 0 Å². The van der Waals surface area contributed by atoms with Gasteiger partial charge in [-0.25, -0.2) is 19.9 Å². The molecule has 0 saturated carbocycles. The van der Waals surface area contributed by atoms with Gasteiger partial charge in [-0.3, -0.25) is 23.7 Å². The Morgan fingerprint density at radius 2 is 0.890 bits per heavy atom. The Kier molecular flexibility index (Phi) is 11.6. The highest BCUT2D eigenvalue weighted by molar-refractivity contribution is 6.10. The number of nitrogens with zero attached hydrogens (tertiary/aromatic N) is 11. The van der Waals surface area contributed by atoms with Gasteiger partial charge in [0.15, 0.2) is 11.6 Å². The van der Waals surface area contributed by atoms with Crippen LogP contribution >= 0.6 is 0 Å². The molecule has 82 heavy (non-hydrogen) atoms. The molecule has 0 saturated heterocycles. The van der Waals surface area contributed by atoms with Crippen molar-refractivity contribution < 1.29 is 0 Å². The van der Waals surface area contributed by atoms with Crippen molar-refractivity contribution in [2.75, 3.05) is 0 Å². The molecule has 0 radical (unpaired) electrons. The first-order chi connectivity index (χ1) is 40.5. The monoisotopic (exact) mass is 1050 g/mol. The van der Waals surface area contributed by atoms with Gasteiger partial charge in [-0.05, 0) is 79.7 Å². The standard InChI is InChI=1S/C71H47N11/c1-3-46(43-64-45(2)53-21-9-13-29-62(53)81(64)70-74-60-27-11-7-23-56(60)66(76-70)49-35-31-47(32-36-49)58-25-15-17-41-72-58)68-78-79-69(80(68)52-19-5-4-6-20-52)51-39-40-55-54-22-10-14-30-63(54)82(65(55)44-51)71-75-61-28-12-8-24-57(61)67(77-71)50-37-33-48(34-38-50)59-26-16-18-42-73-59/h3-44H,2H2,1H3/b46-3+,64-43+. The second kappa shape index (κ2) is 19.9. The summed E-state index contributed by atoms with van der Waals surface area (Å²) in [6.07, 6.45) is 7.84. The molecule has 11 nitrogen and oxygen atoms in total. The summed E-state index contributed by atoms with van der Waals surface area (Å²) < 4.78 is 6.43. The predicted octanol–water partition coefficient (Wildman–Crippen LogP) is 14.6. The van der Waals surface area contributed by atoms with Crippen LogP contribution in [0.15, 0.2) is 249 Å². The Morgan fingerprint density at radius 3 is 1.48 bits per heavy atom. The molecule has 0 aliphatic carbocycles. The Morgan fingerprint density at radius 1 is 0.402 bits per heavy atom. The highest BCUT2D eigenvalue weighted by Crippen LogP contribution is 2.38. The third-order valence-corrected chi connectivity index (χ3v) is 15.3. The van der Waals surface area contributed by atoms with Gasteiger partial charge in [0.05, 0.1) is 55.7 Å². The van der Waals surface area contributed by atoms with Crippen LogP contribution < -0.4 is 10.6 Å². The Bertz CT molecular complexity index is 5100. The van der Waals surface area contributed by atoms with Crippen molar-refractivity contribution in [3.05, 3.63) is 265 Å². The van der Waals surface area contributed by atoms with Crippen LogP contribution in [0.5, 0.6) is 0 Å². The summed E-state index contributed by atoms with van der Waals surface area (Å²) in [6, 6.07) is 78.6. The first-order valence-electron chi connectivity index (χ1n) is 27.1. The summed E-state index contributed by atoms with van der Waals surface area (Å²) >= 11 is 0. The van der Waals surface area contributed by atoms with Crippen LogP contribution in [0.2, 0.25) is 0 Å². The maximum Gasteiger partial charge on any atom is 0.235 e. The minimum absolute atomic E-state index is 0.519. The highest BCUT2D eigenvalue weighted by Gasteiger charge is 2.23. The summed E-state index contributed by atoms with van der Waals surface area (Å²) in [5.41, 5.74) is 14.5. The number of hydrogen-bond acceptors (Lipinski definition) is 8. The molecular formula is C71H47N11. The Balaban J connectivity index is 0.889. The number of para-hydroxylation sites is 5. The van der Waals surface area contributed by atoms with E-state index in [-0.39, 0.29) is 0 Å². The molecule has 8 aromatic carbocycles. The molecule has 0 spiro atoms. The van der Waals surface area contributed by atoms with Crippen LogP contribution in [0.4, 0.5) is 0 Å². The van der Waals surface area contributed by atoms with E-state index in [4.69, 9.17) is 36.7 Å². The predicted molar refractivity (Wildman–Crippen MR) is 331 cm³/mol. The Hall–Kier alpha value is -11.3. The third kappa shape index (κ3) is 8.14. The largest absolute Gasteiger partial charge is 0.278 e. The van der Waals surface area contributed by atoms with Gasteiger partial charge >= 0.3 is 0 Å². The fourth-order valence-electron chi connectivity index (χ4n) is 11.4. The van der Waals surface area contributed by atoms with Crippen molar-refractivity contribution in [3.8, 4) is 74.0 Å². The number of fused-ring (bicyclic) bond motifs is 6. The molecule has 7 aromatic heterocycles. The number of allylic oxidation sites excluding steroid dienone is 2. The first kappa shape index (κ1) is 47.9. The number of pyridine rings is 2. The van der Waals surface area contributed by atoms with E-state index in [0.29, 0.717) is 23.5 Å². The number of hydrogen-bond donors (Lipinski definition) is 0. The van der Waals surface area contributed by atoms with Crippen molar-refractivity contribution in [3.63, 3.8) is 0 Å². The average molecular weight is 1050 g/mol. The van der Waals surface area contributed by atoms with Crippen LogP contribution in [-0.2, 0) is 0 Å². The van der Waals surface area contributed by atoms with Gasteiger partial charge < -0.3 is 0 Å². The molecule has 15 aromatic rings. The highest BCUT2D eigenvalue weighted by atomic mass is 15.3. The second-order valence-electron chi connectivity index (χ2n) is 20.1. The van der Waals surface area contributed by atoms with Gasteiger partial charge in [0.25, 0.3) is 0 Å². The maximum atomic E-state index is 5.44. The van der Waals surface area contributed by atoms with E-state index >= 15 is 0 Å². The molecule has 0 bridgehead atoms. The van der Waals surface area contributed by atoms with E-state index in [0.717, 1.165) is 127 Å². The SMILES string of the molecule is C=c1/c(=C\C(=C/C)c2nnc(-c3ccc4c5ccccc5n(-c5nc(-c6ccc(-c7ccccn7)cc6)c6ccccc6n5)c4c3)n2-c2ccccc2)n(-c2nc(-c3ccc(-c4ccccn4)cc3)c3ccccc3n2)c2ccccc12. The minimum Gasteiger partial charge on any atom is -0.278 e. The second-order valence-corrected chi connectivity index (χ2v) is 20.1. The van der Waals surface area contributed by atoms with Gasteiger partial charge in [-0.2, -0.15) is 0 Å². The first-order valence-corrected chi connectivity index (χ1v) is 27.1. The van der Waals surface area contributed by atoms with E-state index in [9.17, 15) is 0 Å². The minimum atomic E-state index is 0.519. The van der Waals surface area contributed by atoms with Crippen LogP contribution in [-0.4, -0.2) is 53.8 Å². The van der Waals surface area contributed by atoms with Crippen LogP contribution in [0, 0.1) is 0 Å². The molecule has 0 aliphatic rings. The zero-order chi connectivity index (χ0) is 54.7. The van der Waals surface area contributed by atoms with Gasteiger partial charge in [0.2, 0.25) is 11.9 Å². The molecule has 0 atom stereocenters. The summed E-state index contributed by atoms with van der Waals surface area (Å²) in [5, 5.41) is 16.8. The number of benzene rings is 8. The zero-order valence-electron chi connectivity index (χ0n) is 44.4. The molecule has 0 N–H and O–H groups in total. The van der Waals surface area contributed by atoms with E-state index in [1.54, 1.807) is 0 Å². The van der Waals surface area contributed by atoms with E-state index < -0.39 is 0 Å². The smallest absolute Gasteiger partial charge is 0.235 e. The van der Waals surface area contributed by atoms with Crippen molar-refractivity contribution in [1.29, 1.82) is 0 Å². The molecule has 11 heteroatoms. The summed E-state index contributed by atoms with van der Waals surface area (Å²) in [7, 11) is 0. The lowest BCUT2D eigenvalue weighted by atomic mass is 10.0. The summed E-state index contributed by atoms with van der Waals surface area (Å²) in [4.78, 5) is 30.6. The molecule has 0 amide bonds. The van der Waals surface area contributed by atoms with E-state index in [1.165, 1.54) is 0 Å². The molecule has 0 aliphatic heterocycles. The third-order valence-electron chi connectivity index (χ3n) is 15.3. The van der Waals surface area contributed by atoms with Crippen LogP contribution in [0.1, 0.15) is 12.7 Å². The van der Waals surface area contributed by atoms with Crippen molar-refractivity contribution in [2.45, 2.75) is 6.92 Å². The fraction of sp³-hybridized carbons (Fsp3) is 0.0141. The van der Waals surface area contributed by atoms with Crippen molar-refractivity contribution in [1.82, 2.24) is 53.8 Å². The number of rotatable bonds is 10. The quantitative estimate of drug-likeness (QED) is 0.133. The lowest BCUT2D eigenvalue weighted by Crippen LogP contribution is -2.28. The lowest BCUT2D eigenvalue weighted by molar-refractivity contribution is 0.951. The molecule has 15 rings (SSSR count).